The Morgan fingerprint density at radius 1 is 1.18 bits per heavy atom. The van der Waals surface area contributed by atoms with Gasteiger partial charge in [-0.2, -0.15) is 0 Å². The molecule has 4 aromatic rings. The fraction of sp³-hybridized carbons (Fsp3) is 0.115. The Morgan fingerprint density at radius 3 is 2.61 bits per heavy atom. The van der Waals surface area contributed by atoms with Crippen molar-refractivity contribution in [2.24, 2.45) is 4.99 Å². The van der Waals surface area contributed by atoms with Crippen LogP contribution in [0.4, 0.5) is 5.69 Å². The van der Waals surface area contributed by atoms with Crippen molar-refractivity contribution in [2.45, 2.75) is 13.0 Å². The van der Waals surface area contributed by atoms with E-state index in [1.807, 2.05) is 0 Å². The molecule has 0 saturated heterocycles. The third kappa shape index (κ3) is 4.58. The van der Waals surface area contributed by atoms with Gasteiger partial charge in [0.25, 0.3) is 11.2 Å². The van der Waals surface area contributed by atoms with Crippen molar-refractivity contribution in [3.63, 3.8) is 0 Å². The van der Waals surface area contributed by atoms with Crippen LogP contribution in [-0.2, 0) is 9.53 Å². The Morgan fingerprint density at radius 2 is 1.92 bits per heavy atom. The van der Waals surface area contributed by atoms with E-state index in [9.17, 15) is 19.7 Å². The number of hydrogen-bond acceptors (Lipinski definition) is 8. The van der Waals surface area contributed by atoms with Gasteiger partial charge in [-0.1, -0.05) is 46.7 Å². The minimum Gasteiger partial charge on any atom is -0.466 e. The monoisotopic (exact) mass is 569 g/mol. The number of aromatic nitrogens is 1. The first-order valence-corrected chi connectivity index (χ1v) is 12.7. The molecule has 9 nitrogen and oxygen atoms in total. The largest absolute Gasteiger partial charge is 0.466 e. The molecule has 0 saturated carbocycles. The molecule has 1 aliphatic heterocycles. The molecule has 0 spiro atoms. The molecule has 0 bridgehead atoms. The van der Waals surface area contributed by atoms with Crippen molar-refractivity contribution in [3.8, 4) is 11.3 Å². The number of nitro benzene ring substituents is 1. The number of nitro groups is 1. The summed E-state index contributed by atoms with van der Waals surface area (Å²) in [5.41, 5.74) is 1.20. The Labute approximate surface area is 228 Å². The lowest BCUT2D eigenvalue weighted by Gasteiger charge is -2.24. The summed E-state index contributed by atoms with van der Waals surface area (Å²) in [7, 11) is 1.27. The number of furan rings is 1. The molecule has 0 radical (unpaired) electrons. The highest BCUT2D eigenvalue weighted by Gasteiger charge is 2.33. The molecule has 0 aliphatic carbocycles. The van der Waals surface area contributed by atoms with Crippen molar-refractivity contribution < 1.29 is 18.9 Å². The zero-order valence-electron chi connectivity index (χ0n) is 19.8. The molecule has 2 aromatic heterocycles. The highest BCUT2D eigenvalue weighted by atomic mass is 35.5. The van der Waals surface area contributed by atoms with Gasteiger partial charge >= 0.3 is 5.97 Å². The number of ether oxygens (including phenoxy) is 1. The number of carbonyl (C=O) groups is 1. The number of allylic oxidation sites excluding steroid dienone is 1. The maximum Gasteiger partial charge on any atom is 0.338 e. The van der Waals surface area contributed by atoms with E-state index in [2.05, 4.69) is 4.99 Å². The van der Waals surface area contributed by atoms with Gasteiger partial charge in [0.1, 0.15) is 16.5 Å². The first-order chi connectivity index (χ1) is 18.2. The normalized spacial score (nSPS) is 15.3. The van der Waals surface area contributed by atoms with Gasteiger partial charge in [0.2, 0.25) is 0 Å². The van der Waals surface area contributed by atoms with Crippen LogP contribution >= 0.6 is 34.5 Å². The molecule has 0 unspecified atom stereocenters. The summed E-state index contributed by atoms with van der Waals surface area (Å²) in [5.74, 6) is 0.134. The Balaban J connectivity index is 1.62. The smallest absolute Gasteiger partial charge is 0.338 e. The lowest BCUT2D eigenvalue weighted by Crippen LogP contribution is -2.39. The molecule has 192 valence electrons. The van der Waals surface area contributed by atoms with E-state index in [0.717, 1.165) is 11.3 Å². The Hall–Kier alpha value is -3.99. The number of methoxy groups -OCH3 is 1. The number of thiazole rings is 1. The highest BCUT2D eigenvalue weighted by Crippen LogP contribution is 2.32. The van der Waals surface area contributed by atoms with Crippen LogP contribution in [0.2, 0.25) is 10.0 Å². The van der Waals surface area contributed by atoms with Gasteiger partial charge in [-0.15, -0.1) is 0 Å². The van der Waals surface area contributed by atoms with E-state index < -0.39 is 16.9 Å². The van der Waals surface area contributed by atoms with Crippen LogP contribution in [0.3, 0.4) is 0 Å². The van der Waals surface area contributed by atoms with Crippen LogP contribution in [0.1, 0.15) is 24.3 Å². The maximum absolute atomic E-state index is 13.6. The van der Waals surface area contributed by atoms with Gasteiger partial charge in [-0.3, -0.25) is 19.5 Å². The number of nitrogens with zero attached hydrogens (tertiary/aromatic N) is 3. The fourth-order valence-corrected chi connectivity index (χ4v) is 5.51. The molecular weight excluding hydrogens is 553 g/mol. The number of benzene rings is 2. The molecule has 1 aliphatic rings. The molecule has 5 rings (SSSR count). The van der Waals surface area contributed by atoms with Crippen molar-refractivity contribution >= 4 is 52.3 Å². The number of halogens is 2. The zero-order chi connectivity index (χ0) is 27.1. The van der Waals surface area contributed by atoms with Crippen LogP contribution in [0.5, 0.6) is 0 Å². The quantitative estimate of drug-likeness (QED) is 0.192. The Kier molecular flexibility index (Phi) is 6.78. The third-order valence-electron chi connectivity index (χ3n) is 5.94. The van der Waals surface area contributed by atoms with Crippen LogP contribution in [0.25, 0.3) is 17.4 Å². The van der Waals surface area contributed by atoms with Gasteiger partial charge in [-0.25, -0.2) is 9.79 Å². The van der Waals surface area contributed by atoms with Crippen molar-refractivity contribution in [1.29, 1.82) is 0 Å². The van der Waals surface area contributed by atoms with Crippen molar-refractivity contribution in [1.82, 2.24) is 4.57 Å². The van der Waals surface area contributed by atoms with E-state index in [-0.39, 0.29) is 21.8 Å². The molecule has 3 heterocycles. The average molecular weight is 570 g/mol. The Bertz CT molecular complexity index is 1820. The molecular formula is C26H17Cl2N3O6S. The second kappa shape index (κ2) is 10.1. The number of hydrogen-bond donors (Lipinski definition) is 0. The highest BCUT2D eigenvalue weighted by molar-refractivity contribution is 7.07. The van der Waals surface area contributed by atoms with Gasteiger partial charge in [0.15, 0.2) is 4.80 Å². The minimum atomic E-state index is -0.764. The van der Waals surface area contributed by atoms with E-state index in [4.69, 9.17) is 32.4 Å². The molecule has 38 heavy (non-hydrogen) atoms. The predicted octanol–water partition coefficient (Wildman–Crippen LogP) is 4.88. The first-order valence-electron chi connectivity index (χ1n) is 11.1. The van der Waals surface area contributed by atoms with Crippen LogP contribution in [0, 0.1) is 10.1 Å². The molecule has 0 amide bonds. The second-order valence-electron chi connectivity index (χ2n) is 8.25. The van der Waals surface area contributed by atoms with Crippen molar-refractivity contribution in [2.75, 3.05) is 7.11 Å². The summed E-state index contributed by atoms with van der Waals surface area (Å²) in [4.78, 5) is 41.9. The lowest BCUT2D eigenvalue weighted by atomic mass is 9.96. The molecule has 12 heteroatoms. The second-order valence-corrected chi connectivity index (χ2v) is 10.1. The zero-order valence-corrected chi connectivity index (χ0v) is 22.1. The molecule has 0 fully saturated rings. The molecule has 0 N–H and O–H groups in total. The van der Waals surface area contributed by atoms with E-state index in [1.165, 1.54) is 23.8 Å². The van der Waals surface area contributed by atoms with E-state index in [1.54, 1.807) is 55.5 Å². The van der Waals surface area contributed by atoms with Crippen LogP contribution in [-0.4, -0.2) is 22.6 Å². The SMILES string of the molecule is COC(=O)C1=C(C)N=c2s/c(=C\c3ccc(-c4ccc(Cl)c([N+](=O)[O-])c4)o3)c(=O)n2[C@H]1c1ccc(Cl)cc1. The fourth-order valence-electron chi connectivity index (χ4n) is 4.17. The summed E-state index contributed by atoms with van der Waals surface area (Å²) < 4.78 is 12.6. The van der Waals surface area contributed by atoms with Gasteiger partial charge in [0, 0.05) is 22.7 Å². The molecule has 2 aromatic carbocycles. The summed E-state index contributed by atoms with van der Waals surface area (Å²) in [6, 6.07) is 13.7. The van der Waals surface area contributed by atoms with Crippen molar-refractivity contribution in [3.05, 3.63) is 117 Å². The number of rotatable bonds is 5. The van der Waals surface area contributed by atoms with Crippen LogP contribution in [0.15, 0.2) is 80.1 Å². The third-order valence-corrected chi connectivity index (χ3v) is 7.49. The summed E-state index contributed by atoms with van der Waals surface area (Å²) in [5, 5.41) is 11.8. The van der Waals surface area contributed by atoms with E-state index in [0.29, 0.717) is 42.7 Å². The minimum absolute atomic E-state index is 0.0171. The summed E-state index contributed by atoms with van der Waals surface area (Å²) in [6.45, 7) is 1.69. The predicted molar refractivity (Wildman–Crippen MR) is 143 cm³/mol. The lowest BCUT2D eigenvalue weighted by molar-refractivity contribution is -0.384. The first kappa shape index (κ1) is 25.7. The molecule has 1 atom stereocenters. The summed E-state index contributed by atoms with van der Waals surface area (Å²) >= 11 is 13.1. The number of esters is 1. The number of fused-ring (bicyclic) bond motifs is 1. The van der Waals surface area contributed by atoms with Gasteiger partial charge in [0.05, 0.1) is 33.9 Å². The summed E-state index contributed by atoms with van der Waals surface area (Å²) in [6.07, 6.45) is 1.56. The standard InChI is InChI=1S/C26H17Cl2N3O6S/c1-13-22(25(33)36-2)23(14-3-6-16(27)7-4-14)30-24(32)21(38-26(30)29-13)12-17-8-10-20(37-17)15-5-9-18(28)19(11-15)31(34)35/h3-12,23H,1-2H3/b21-12-/t23-/m0/s1. The topological polar surface area (TPSA) is 117 Å². The number of carbonyl (C=O) groups excluding carboxylic acids is 1. The van der Waals surface area contributed by atoms with E-state index >= 15 is 0 Å². The van der Waals surface area contributed by atoms with Crippen LogP contribution < -0.4 is 14.9 Å². The maximum atomic E-state index is 13.6. The van der Waals surface area contributed by atoms with Gasteiger partial charge < -0.3 is 9.15 Å². The van der Waals surface area contributed by atoms with Gasteiger partial charge in [-0.05, 0) is 48.9 Å². The average Bonchev–Trinajstić information content (AvgIpc) is 3.48.